The predicted octanol–water partition coefficient (Wildman–Crippen LogP) is 2.39. The van der Waals surface area contributed by atoms with E-state index in [-0.39, 0.29) is 0 Å². The first-order chi connectivity index (χ1) is 5.86. The highest BCUT2D eigenvalue weighted by molar-refractivity contribution is 6.28. The Hall–Kier alpha value is -1.35. The van der Waals surface area contributed by atoms with Crippen LogP contribution in [0.2, 0.25) is 5.22 Å². The molecule has 12 heavy (non-hydrogen) atoms. The maximum absolute atomic E-state index is 5.60. The number of hydrogen-bond acceptors (Lipinski definition) is 3. The fourth-order valence-corrected chi connectivity index (χ4v) is 1.03. The van der Waals surface area contributed by atoms with Gasteiger partial charge in [-0.25, -0.2) is 0 Å². The van der Waals surface area contributed by atoms with Crippen LogP contribution in [0.1, 0.15) is 0 Å². The summed E-state index contributed by atoms with van der Waals surface area (Å²) in [6.07, 6.45) is 1.61. The van der Waals surface area contributed by atoms with Gasteiger partial charge in [-0.05, 0) is 35.9 Å². The summed E-state index contributed by atoms with van der Waals surface area (Å²) in [5.41, 5.74) is 0.685. The molecule has 0 atom stereocenters. The third-order valence-corrected chi connectivity index (χ3v) is 1.60. The molecule has 0 spiro atoms. The Balaban J connectivity index is 2.45. The van der Waals surface area contributed by atoms with Crippen molar-refractivity contribution in [3.05, 3.63) is 35.7 Å². The average molecular weight is 181 g/mol. The highest BCUT2D eigenvalue weighted by atomic mass is 35.5. The molecule has 60 valence electrons. The Labute approximate surface area is 74.0 Å². The minimum Gasteiger partial charge on any atom is -0.443 e. The Morgan fingerprint density at radius 3 is 2.75 bits per heavy atom. The predicted molar refractivity (Wildman–Crippen MR) is 44.7 cm³/mol. The van der Waals surface area contributed by atoms with Crippen molar-refractivity contribution in [2.45, 2.75) is 0 Å². The molecule has 3 nitrogen and oxygen atoms in total. The van der Waals surface area contributed by atoms with Gasteiger partial charge in [0.1, 0.15) is 5.69 Å². The molecule has 4 heteroatoms. The van der Waals surface area contributed by atoms with E-state index in [0.29, 0.717) is 16.7 Å². The lowest BCUT2D eigenvalue weighted by Crippen LogP contribution is -1.82. The fourth-order valence-electron chi connectivity index (χ4n) is 0.885. The van der Waals surface area contributed by atoms with Gasteiger partial charge in [-0.2, -0.15) is 5.10 Å². The summed E-state index contributed by atoms with van der Waals surface area (Å²) < 4.78 is 5.13. The highest BCUT2D eigenvalue weighted by Gasteiger charge is 2.03. The Kier molecular flexibility index (Phi) is 1.80. The highest BCUT2D eigenvalue weighted by Crippen LogP contribution is 2.21. The van der Waals surface area contributed by atoms with Crippen molar-refractivity contribution in [1.29, 1.82) is 0 Å². The molecule has 0 radical (unpaired) electrons. The molecule has 0 aliphatic carbocycles. The molecule has 2 aromatic heterocycles. The van der Waals surface area contributed by atoms with Crippen molar-refractivity contribution in [3.8, 4) is 11.5 Å². The molecule has 2 heterocycles. The molecule has 0 saturated carbocycles. The van der Waals surface area contributed by atoms with Gasteiger partial charge < -0.3 is 4.42 Å². The van der Waals surface area contributed by atoms with Crippen molar-refractivity contribution in [1.82, 2.24) is 10.2 Å². The van der Waals surface area contributed by atoms with Crippen molar-refractivity contribution in [3.63, 3.8) is 0 Å². The number of hydrogen-bond donors (Lipinski definition) is 0. The maximum atomic E-state index is 5.60. The van der Waals surface area contributed by atoms with Crippen LogP contribution in [0.3, 0.4) is 0 Å². The topological polar surface area (TPSA) is 38.9 Å². The van der Waals surface area contributed by atoms with Gasteiger partial charge in [0.05, 0.1) is 0 Å². The zero-order valence-corrected chi connectivity index (χ0v) is 6.82. The third kappa shape index (κ3) is 1.31. The van der Waals surface area contributed by atoms with Crippen LogP contribution in [0.15, 0.2) is 34.9 Å². The van der Waals surface area contributed by atoms with Gasteiger partial charge in [0.15, 0.2) is 11.0 Å². The lowest BCUT2D eigenvalue weighted by molar-refractivity contribution is 0.581. The molecule has 0 amide bonds. The first-order valence-electron chi connectivity index (χ1n) is 3.40. The summed E-state index contributed by atoms with van der Waals surface area (Å²) in [7, 11) is 0. The normalized spacial score (nSPS) is 10.1. The van der Waals surface area contributed by atoms with E-state index >= 15 is 0 Å². The first kappa shape index (κ1) is 7.31. The van der Waals surface area contributed by atoms with Crippen LogP contribution in [-0.2, 0) is 0 Å². The quantitative estimate of drug-likeness (QED) is 0.677. The van der Waals surface area contributed by atoms with Gasteiger partial charge in [-0.15, -0.1) is 5.10 Å². The van der Waals surface area contributed by atoms with Gasteiger partial charge in [0, 0.05) is 6.20 Å². The summed E-state index contributed by atoms with van der Waals surface area (Å²) in [6, 6.07) is 7.03. The van der Waals surface area contributed by atoms with E-state index in [1.807, 2.05) is 6.07 Å². The summed E-state index contributed by atoms with van der Waals surface area (Å²) in [5.74, 6) is 0.633. The second-order valence-electron chi connectivity index (χ2n) is 2.21. The molecule has 0 aliphatic rings. The molecular weight excluding hydrogens is 176 g/mol. The second-order valence-corrected chi connectivity index (χ2v) is 2.59. The number of furan rings is 1. The van der Waals surface area contributed by atoms with E-state index < -0.39 is 0 Å². The zero-order chi connectivity index (χ0) is 8.39. The summed E-state index contributed by atoms with van der Waals surface area (Å²) in [6.45, 7) is 0. The molecule has 0 unspecified atom stereocenters. The molecule has 0 saturated heterocycles. The van der Waals surface area contributed by atoms with Crippen molar-refractivity contribution in [2.75, 3.05) is 0 Å². The van der Waals surface area contributed by atoms with Gasteiger partial charge >= 0.3 is 0 Å². The monoisotopic (exact) mass is 180 g/mol. The maximum Gasteiger partial charge on any atom is 0.194 e. The molecule has 0 bridgehead atoms. The van der Waals surface area contributed by atoms with Gasteiger partial charge in [-0.3, -0.25) is 0 Å². The molecular formula is C8H5ClN2O. The van der Waals surface area contributed by atoms with E-state index in [4.69, 9.17) is 16.0 Å². The Morgan fingerprint density at radius 1 is 1.25 bits per heavy atom. The van der Waals surface area contributed by atoms with Crippen LogP contribution in [0.5, 0.6) is 0 Å². The van der Waals surface area contributed by atoms with Crippen LogP contribution in [-0.4, -0.2) is 10.2 Å². The van der Waals surface area contributed by atoms with Crippen molar-refractivity contribution >= 4 is 11.6 Å². The van der Waals surface area contributed by atoms with E-state index in [1.54, 1.807) is 24.4 Å². The minimum absolute atomic E-state index is 0.357. The minimum atomic E-state index is 0.357. The van der Waals surface area contributed by atoms with E-state index in [0.717, 1.165) is 0 Å². The molecule has 0 N–H and O–H groups in total. The smallest absolute Gasteiger partial charge is 0.194 e. The van der Waals surface area contributed by atoms with E-state index in [9.17, 15) is 0 Å². The van der Waals surface area contributed by atoms with Crippen LogP contribution in [0.4, 0.5) is 0 Å². The molecule has 2 rings (SSSR count). The number of aromatic nitrogens is 2. The lowest BCUT2D eigenvalue weighted by atomic mass is 10.3. The van der Waals surface area contributed by atoms with Gasteiger partial charge in [0.25, 0.3) is 0 Å². The summed E-state index contributed by atoms with van der Waals surface area (Å²) >= 11 is 5.60. The fraction of sp³-hybridized carbons (Fsp3) is 0. The summed E-state index contributed by atoms with van der Waals surface area (Å²) in [5, 5.41) is 7.93. The average Bonchev–Trinajstić information content (AvgIpc) is 2.54. The number of halogens is 1. The van der Waals surface area contributed by atoms with E-state index in [1.165, 1.54) is 0 Å². The van der Waals surface area contributed by atoms with Gasteiger partial charge in [0.2, 0.25) is 0 Å². The number of nitrogens with zero attached hydrogens (tertiary/aromatic N) is 2. The third-order valence-electron chi connectivity index (χ3n) is 1.40. The zero-order valence-electron chi connectivity index (χ0n) is 6.07. The first-order valence-corrected chi connectivity index (χ1v) is 3.77. The Bertz CT molecular complexity index is 372. The van der Waals surface area contributed by atoms with Crippen LogP contribution in [0.25, 0.3) is 11.5 Å². The Morgan fingerprint density at radius 2 is 2.17 bits per heavy atom. The lowest BCUT2D eigenvalue weighted by Gasteiger charge is -1.90. The van der Waals surface area contributed by atoms with E-state index in [2.05, 4.69) is 10.2 Å². The largest absolute Gasteiger partial charge is 0.443 e. The second kappa shape index (κ2) is 2.95. The van der Waals surface area contributed by atoms with Gasteiger partial charge in [-0.1, -0.05) is 0 Å². The van der Waals surface area contributed by atoms with Crippen molar-refractivity contribution < 1.29 is 4.42 Å². The van der Waals surface area contributed by atoms with Crippen LogP contribution >= 0.6 is 11.6 Å². The molecule has 0 fully saturated rings. The number of rotatable bonds is 1. The SMILES string of the molecule is Clc1ccc(-c2cccnn2)o1. The molecule has 0 aliphatic heterocycles. The van der Waals surface area contributed by atoms with Crippen LogP contribution in [0, 0.1) is 0 Å². The standard InChI is InChI=1S/C8H5ClN2O/c9-8-4-3-7(12-8)6-2-1-5-10-11-6/h1-5H. The molecule has 0 aromatic carbocycles. The van der Waals surface area contributed by atoms with Crippen molar-refractivity contribution in [2.24, 2.45) is 0 Å². The molecule has 2 aromatic rings. The van der Waals surface area contributed by atoms with Crippen LogP contribution < -0.4 is 0 Å². The summed E-state index contributed by atoms with van der Waals surface area (Å²) in [4.78, 5) is 0.